The van der Waals surface area contributed by atoms with Crippen LogP contribution in [0.5, 0.6) is 0 Å². The molecule has 0 unspecified atom stereocenters. The summed E-state index contributed by atoms with van der Waals surface area (Å²) in [5.41, 5.74) is 2.20. The van der Waals surface area contributed by atoms with Crippen molar-refractivity contribution in [1.29, 1.82) is 0 Å². The number of allylic oxidation sites excluding steroid dienone is 1. The summed E-state index contributed by atoms with van der Waals surface area (Å²) >= 11 is 4.99. The number of rotatable bonds is 3. The first-order chi connectivity index (χ1) is 8.22. The maximum absolute atomic E-state index is 11.8. The van der Waals surface area contributed by atoms with Crippen LogP contribution < -0.4 is 5.56 Å². The minimum absolute atomic E-state index is 0.160. The van der Waals surface area contributed by atoms with E-state index < -0.39 is 0 Å². The average Bonchev–Trinajstić information content (AvgIpc) is 2.33. The van der Waals surface area contributed by atoms with Gasteiger partial charge in [-0.2, -0.15) is 0 Å². The Hall–Kier alpha value is -1.94. The second-order valence-electron chi connectivity index (χ2n) is 3.62. The Kier molecular flexibility index (Phi) is 3.35. The summed E-state index contributed by atoms with van der Waals surface area (Å²) in [6, 6.07) is 9.65. The molecule has 3 nitrogen and oxygen atoms in total. The molecule has 1 aromatic carbocycles. The number of H-pyrrole nitrogens is 2. The molecule has 86 valence electrons. The van der Waals surface area contributed by atoms with Crippen molar-refractivity contribution in [1.82, 2.24) is 9.97 Å². The lowest BCUT2D eigenvalue weighted by Crippen LogP contribution is -2.15. The van der Waals surface area contributed by atoms with Gasteiger partial charge in [-0.25, -0.2) is 0 Å². The van der Waals surface area contributed by atoms with E-state index in [0.717, 1.165) is 11.3 Å². The van der Waals surface area contributed by atoms with Gasteiger partial charge >= 0.3 is 0 Å². The minimum atomic E-state index is -0.160. The van der Waals surface area contributed by atoms with Crippen molar-refractivity contribution < 1.29 is 0 Å². The highest BCUT2D eigenvalue weighted by molar-refractivity contribution is 7.71. The van der Waals surface area contributed by atoms with Gasteiger partial charge in [-0.3, -0.25) is 9.78 Å². The third-order valence-corrected chi connectivity index (χ3v) is 2.66. The standard InChI is InChI=1S/C13H12N2OS/c1-2-6-10-11(9-7-4-3-5-8-9)14-13(17)15-12(10)16/h2-5,7-8H,1,6H2,(H2,14,15,16,17). The van der Waals surface area contributed by atoms with E-state index in [1.54, 1.807) is 6.08 Å². The van der Waals surface area contributed by atoms with Crippen LogP contribution in [0.3, 0.4) is 0 Å². The predicted octanol–water partition coefficient (Wildman–Crippen LogP) is 2.83. The second kappa shape index (κ2) is 4.93. The number of aromatic nitrogens is 2. The zero-order valence-electron chi connectivity index (χ0n) is 9.19. The van der Waals surface area contributed by atoms with E-state index >= 15 is 0 Å². The number of hydrogen-bond acceptors (Lipinski definition) is 2. The molecule has 0 saturated heterocycles. The Balaban J connectivity index is 2.71. The number of hydrogen-bond donors (Lipinski definition) is 2. The highest BCUT2D eigenvalue weighted by Crippen LogP contribution is 2.18. The molecule has 0 spiro atoms. The van der Waals surface area contributed by atoms with Crippen molar-refractivity contribution in [2.75, 3.05) is 0 Å². The molecular weight excluding hydrogens is 232 g/mol. The lowest BCUT2D eigenvalue weighted by Gasteiger charge is -2.06. The van der Waals surface area contributed by atoms with Gasteiger partial charge in [0.1, 0.15) is 0 Å². The molecule has 1 heterocycles. The molecular formula is C13H12N2OS. The predicted molar refractivity (Wildman–Crippen MR) is 71.6 cm³/mol. The highest BCUT2D eigenvalue weighted by Gasteiger charge is 2.08. The maximum atomic E-state index is 11.8. The van der Waals surface area contributed by atoms with Gasteiger partial charge < -0.3 is 4.98 Å². The quantitative estimate of drug-likeness (QED) is 0.644. The van der Waals surface area contributed by atoms with Crippen LogP contribution in [-0.4, -0.2) is 9.97 Å². The van der Waals surface area contributed by atoms with Crippen LogP contribution in [0.25, 0.3) is 11.3 Å². The largest absolute Gasteiger partial charge is 0.331 e. The summed E-state index contributed by atoms with van der Waals surface area (Å²) < 4.78 is 0.335. The molecule has 0 saturated carbocycles. The topological polar surface area (TPSA) is 48.6 Å². The number of aromatic amines is 2. The average molecular weight is 244 g/mol. The first kappa shape index (κ1) is 11.5. The second-order valence-corrected chi connectivity index (χ2v) is 4.03. The summed E-state index contributed by atoms with van der Waals surface area (Å²) in [6.45, 7) is 3.66. The Morgan fingerprint density at radius 3 is 2.59 bits per heavy atom. The number of benzene rings is 1. The van der Waals surface area contributed by atoms with E-state index in [1.807, 2.05) is 30.3 Å². The lowest BCUT2D eigenvalue weighted by atomic mass is 10.1. The van der Waals surface area contributed by atoms with Gasteiger partial charge in [0.25, 0.3) is 5.56 Å². The fourth-order valence-electron chi connectivity index (χ4n) is 1.70. The van der Waals surface area contributed by atoms with Crippen LogP contribution in [-0.2, 0) is 6.42 Å². The van der Waals surface area contributed by atoms with E-state index in [0.29, 0.717) is 16.8 Å². The van der Waals surface area contributed by atoms with Crippen molar-refractivity contribution in [3.8, 4) is 11.3 Å². The molecule has 0 amide bonds. The summed E-state index contributed by atoms with van der Waals surface area (Å²) in [7, 11) is 0. The van der Waals surface area contributed by atoms with Gasteiger partial charge in [0.05, 0.1) is 5.69 Å². The fraction of sp³-hybridized carbons (Fsp3) is 0.0769. The SMILES string of the molecule is C=CCc1c(-c2ccccc2)[nH]c(=S)[nH]c1=O. The molecule has 0 radical (unpaired) electrons. The van der Waals surface area contributed by atoms with Gasteiger partial charge in [0, 0.05) is 5.56 Å². The molecule has 0 atom stereocenters. The van der Waals surface area contributed by atoms with Crippen LogP contribution in [0.15, 0.2) is 47.8 Å². The van der Waals surface area contributed by atoms with E-state index in [9.17, 15) is 4.79 Å². The Morgan fingerprint density at radius 1 is 1.24 bits per heavy atom. The zero-order chi connectivity index (χ0) is 12.3. The molecule has 2 N–H and O–H groups in total. The van der Waals surface area contributed by atoms with E-state index in [-0.39, 0.29) is 5.56 Å². The van der Waals surface area contributed by atoms with Gasteiger partial charge in [0.15, 0.2) is 4.77 Å². The third-order valence-electron chi connectivity index (χ3n) is 2.45. The van der Waals surface area contributed by atoms with Gasteiger partial charge in [-0.05, 0) is 24.2 Å². The molecule has 0 aliphatic carbocycles. The molecule has 4 heteroatoms. The Bertz CT molecular complexity index is 640. The van der Waals surface area contributed by atoms with Crippen LogP contribution in [0.4, 0.5) is 0 Å². The van der Waals surface area contributed by atoms with Gasteiger partial charge in [-0.1, -0.05) is 36.4 Å². The zero-order valence-corrected chi connectivity index (χ0v) is 10.0. The van der Waals surface area contributed by atoms with Crippen LogP contribution >= 0.6 is 12.2 Å². The molecule has 0 aliphatic heterocycles. The molecule has 0 fully saturated rings. The molecule has 0 aliphatic rings. The van der Waals surface area contributed by atoms with E-state index in [4.69, 9.17) is 12.2 Å². The summed E-state index contributed by atoms with van der Waals surface area (Å²) in [4.78, 5) is 17.5. The maximum Gasteiger partial charge on any atom is 0.255 e. The first-order valence-corrected chi connectivity index (χ1v) is 5.65. The van der Waals surface area contributed by atoms with Crippen molar-refractivity contribution >= 4 is 12.2 Å². The fourth-order valence-corrected chi connectivity index (χ4v) is 1.90. The minimum Gasteiger partial charge on any atom is -0.331 e. The van der Waals surface area contributed by atoms with Crippen LogP contribution in [0.2, 0.25) is 0 Å². The number of nitrogens with one attached hydrogen (secondary N) is 2. The highest BCUT2D eigenvalue weighted by atomic mass is 32.1. The van der Waals surface area contributed by atoms with Crippen molar-refractivity contribution in [3.05, 3.63) is 63.7 Å². The molecule has 2 aromatic rings. The normalized spacial score (nSPS) is 10.1. The van der Waals surface area contributed by atoms with E-state index in [2.05, 4.69) is 16.5 Å². The summed E-state index contributed by atoms with van der Waals surface area (Å²) in [6.07, 6.45) is 2.21. The third kappa shape index (κ3) is 2.42. The smallest absolute Gasteiger partial charge is 0.255 e. The molecule has 17 heavy (non-hydrogen) atoms. The lowest BCUT2D eigenvalue weighted by molar-refractivity contribution is 1.03. The van der Waals surface area contributed by atoms with Crippen LogP contribution in [0, 0.1) is 4.77 Å². The Morgan fingerprint density at radius 2 is 1.94 bits per heavy atom. The van der Waals surface area contributed by atoms with Crippen molar-refractivity contribution in [2.45, 2.75) is 6.42 Å². The molecule has 1 aromatic heterocycles. The van der Waals surface area contributed by atoms with Gasteiger partial charge in [-0.15, -0.1) is 6.58 Å². The van der Waals surface area contributed by atoms with Crippen LogP contribution in [0.1, 0.15) is 5.56 Å². The summed E-state index contributed by atoms with van der Waals surface area (Å²) in [5.74, 6) is 0. The molecule has 2 rings (SSSR count). The Labute approximate surface area is 104 Å². The monoisotopic (exact) mass is 244 g/mol. The van der Waals surface area contributed by atoms with E-state index in [1.165, 1.54) is 0 Å². The molecule has 0 bridgehead atoms. The van der Waals surface area contributed by atoms with Crippen molar-refractivity contribution in [2.24, 2.45) is 0 Å². The first-order valence-electron chi connectivity index (χ1n) is 5.24. The van der Waals surface area contributed by atoms with Gasteiger partial charge in [0.2, 0.25) is 0 Å². The summed E-state index contributed by atoms with van der Waals surface area (Å²) in [5, 5.41) is 0. The van der Waals surface area contributed by atoms with Crippen molar-refractivity contribution in [3.63, 3.8) is 0 Å².